The second-order valence-electron chi connectivity index (χ2n) is 8.33. The molecule has 0 bridgehead atoms. The van der Waals surface area contributed by atoms with Gasteiger partial charge in [-0.15, -0.1) is 0 Å². The van der Waals surface area contributed by atoms with Crippen molar-refractivity contribution in [2.45, 2.75) is 32.7 Å². The molecule has 1 N–H and O–H groups in total. The molecule has 1 atom stereocenters. The van der Waals surface area contributed by atoms with E-state index < -0.39 is 12.0 Å². The molecule has 35 heavy (non-hydrogen) atoms. The molecule has 1 unspecified atom stereocenters. The third-order valence-corrected chi connectivity index (χ3v) is 5.86. The molecule has 8 heteroatoms. The third-order valence-electron chi connectivity index (χ3n) is 5.86. The Morgan fingerprint density at radius 3 is 2.49 bits per heavy atom. The molecule has 1 aliphatic rings. The van der Waals surface area contributed by atoms with Crippen LogP contribution in [-0.2, 0) is 4.79 Å². The number of nitriles is 1. The van der Waals surface area contributed by atoms with E-state index in [1.54, 1.807) is 48.5 Å². The van der Waals surface area contributed by atoms with E-state index in [0.717, 1.165) is 16.7 Å². The van der Waals surface area contributed by atoms with E-state index in [9.17, 15) is 19.6 Å². The van der Waals surface area contributed by atoms with Gasteiger partial charge >= 0.3 is 5.97 Å². The Bertz CT molecular complexity index is 1350. The summed E-state index contributed by atoms with van der Waals surface area (Å²) in [5.74, 6) is 0.515. The highest BCUT2D eigenvalue weighted by atomic mass is 19.1. The number of rotatable bonds is 7. The molecule has 0 saturated carbocycles. The highest BCUT2D eigenvalue weighted by Crippen LogP contribution is 2.36. The van der Waals surface area contributed by atoms with Gasteiger partial charge < -0.3 is 14.6 Å². The van der Waals surface area contributed by atoms with Crippen molar-refractivity contribution in [3.63, 3.8) is 0 Å². The monoisotopic (exact) mass is 473 g/mol. The first-order valence-corrected chi connectivity index (χ1v) is 11.0. The van der Waals surface area contributed by atoms with E-state index >= 15 is 0 Å². The van der Waals surface area contributed by atoms with Crippen LogP contribution in [0, 0.1) is 31.0 Å². The normalized spacial score (nSPS) is 14.9. The largest absolute Gasteiger partial charge is 0.497 e. The van der Waals surface area contributed by atoms with Crippen LogP contribution < -0.4 is 14.5 Å². The molecule has 0 aromatic heterocycles. The van der Waals surface area contributed by atoms with Crippen LogP contribution in [0.5, 0.6) is 17.2 Å². The molecule has 0 spiro atoms. The quantitative estimate of drug-likeness (QED) is 0.463. The molecule has 0 radical (unpaired) electrons. The van der Waals surface area contributed by atoms with Gasteiger partial charge in [0.15, 0.2) is 0 Å². The smallest absolute Gasteiger partial charge is 0.305 e. The Hall–Kier alpha value is -4.38. The summed E-state index contributed by atoms with van der Waals surface area (Å²) in [6.45, 7) is 3.79. The minimum atomic E-state index is -0.947. The average Bonchev–Trinajstić information content (AvgIpc) is 3.24. The Morgan fingerprint density at radius 2 is 1.83 bits per heavy atom. The zero-order chi connectivity index (χ0) is 25.1. The fraction of sp³-hybridized carbons (Fsp3) is 0.222. The van der Waals surface area contributed by atoms with Crippen molar-refractivity contribution >= 4 is 17.4 Å². The summed E-state index contributed by atoms with van der Waals surface area (Å²) < 4.78 is 25.8. The van der Waals surface area contributed by atoms with Gasteiger partial charge in [-0.2, -0.15) is 10.4 Å². The molecule has 0 amide bonds. The number of aryl methyl sites for hydroxylation is 2. The molecular weight excluding hydrogens is 449 g/mol. The first-order chi connectivity index (χ1) is 16.8. The Labute approximate surface area is 202 Å². The number of halogens is 1. The first kappa shape index (κ1) is 23.8. The minimum absolute atomic E-state index is 0.119. The number of carboxylic acid groups (broad SMARTS) is 1. The molecule has 0 aliphatic carbocycles. The second kappa shape index (κ2) is 9.85. The number of ether oxygens (including phenoxy) is 2. The van der Waals surface area contributed by atoms with Crippen LogP contribution in [0.25, 0.3) is 11.1 Å². The lowest BCUT2D eigenvalue weighted by atomic mass is 9.97. The number of hydrazone groups is 1. The number of anilines is 1. The lowest BCUT2D eigenvalue weighted by molar-refractivity contribution is -0.137. The van der Waals surface area contributed by atoms with Crippen molar-refractivity contribution in [2.75, 3.05) is 12.1 Å². The predicted molar refractivity (Wildman–Crippen MR) is 131 cm³/mol. The van der Waals surface area contributed by atoms with Gasteiger partial charge in [0, 0.05) is 12.0 Å². The zero-order valence-corrected chi connectivity index (χ0v) is 19.6. The number of nitrogens with zero attached hydrogens (tertiary/aromatic N) is 3. The van der Waals surface area contributed by atoms with Crippen LogP contribution in [-0.4, -0.2) is 29.9 Å². The summed E-state index contributed by atoms with van der Waals surface area (Å²) in [5, 5.41) is 24.2. The van der Waals surface area contributed by atoms with Gasteiger partial charge in [0.2, 0.25) is 0 Å². The van der Waals surface area contributed by atoms with Crippen molar-refractivity contribution in [3.8, 4) is 34.4 Å². The van der Waals surface area contributed by atoms with E-state index in [1.807, 2.05) is 32.0 Å². The SMILES string of the molecule is COc1ccc(F)c(-c2cc(C)c(Oc3ccc(N4N=C(C#N)CC4CC(=O)O)cc3)cc2C)c1. The van der Waals surface area contributed by atoms with E-state index in [1.165, 1.54) is 6.07 Å². The first-order valence-electron chi connectivity index (χ1n) is 11.0. The fourth-order valence-corrected chi connectivity index (χ4v) is 4.08. The van der Waals surface area contributed by atoms with Gasteiger partial charge in [-0.05, 0) is 85.1 Å². The maximum atomic E-state index is 14.5. The Kier molecular flexibility index (Phi) is 6.69. The zero-order valence-electron chi connectivity index (χ0n) is 19.6. The molecule has 0 fully saturated rings. The summed E-state index contributed by atoms with van der Waals surface area (Å²) in [6.07, 6.45) is 0.172. The summed E-state index contributed by atoms with van der Waals surface area (Å²) in [6, 6.07) is 17.1. The average molecular weight is 474 g/mol. The molecule has 3 aromatic carbocycles. The highest BCUT2D eigenvalue weighted by Gasteiger charge is 2.29. The van der Waals surface area contributed by atoms with E-state index in [2.05, 4.69) is 5.10 Å². The van der Waals surface area contributed by atoms with Crippen LogP contribution in [0.15, 0.2) is 59.7 Å². The van der Waals surface area contributed by atoms with Gasteiger partial charge in [0.1, 0.15) is 34.8 Å². The van der Waals surface area contributed by atoms with Crippen molar-refractivity contribution in [1.82, 2.24) is 0 Å². The molecule has 4 rings (SSSR count). The van der Waals surface area contributed by atoms with E-state index in [-0.39, 0.29) is 12.2 Å². The van der Waals surface area contributed by atoms with Crippen LogP contribution >= 0.6 is 0 Å². The summed E-state index contributed by atoms with van der Waals surface area (Å²) in [4.78, 5) is 11.2. The van der Waals surface area contributed by atoms with E-state index in [0.29, 0.717) is 40.6 Å². The van der Waals surface area contributed by atoms with Gasteiger partial charge in [-0.25, -0.2) is 4.39 Å². The topological polar surface area (TPSA) is 95.2 Å². The molecule has 0 saturated heterocycles. The van der Waals surface area contributed by atoms with E-state index in [4.69, 9.17) is 9.47 Å². The predicted octanol–water partition coefficient (Wildman–Crippen LogP) is 5.84. The molecule has 3 aromatic rings. The summed E-state index contributed by atoms with van der Waals surface area (Å²) in [5.41, 5.74) is 3.87. The van der Waals surface area contributed by atoms with Gasteiger partial charge in [-0.3, -0.25) is 9.80 Å². The standard InChI is InChI=1S/C27H24FN3O4/c1-16-11-26(17(2)10-23(16)24-14-22(34-3)8-9-25(24)28)35-21-6-4-19(5-7-21)31-20(13-27(32)33)12-18(15-29)30-31/h4-11,14,20H,12-13H2,1-3H3,(H,32,33). The van der Waals surface area contributed by atoms with Gasteiger partial charge in [0.25, 0.3) is 0 Å². The second-order valence-corrected chi connectivity index (χ2v) is 8.33. The lowest BCUT2D eigenvalue weighted by Gasteiger charge is -2.22. The number of carboxylic acids is 1. The maximum Gasteiger partial charge on any atom is 0.305 e. The number of benzene rings is 3. The molecule has 1 aliphatic heterocycles. The molecular formula is C27H24FN3O4. The minimum Gasteiger partial charge on any atom is -0.497 e. The molecule has 7 nitrogen and oxygen atoms in total. The molecule has 178 valence electrons. The number of carbonyl (C=O) groups is 1. The van der Waals surface area contributed by atoms with Crippen LogP contribution in [0.3, 0.4) is 0 Å². The number of methoxy groups -OCH3 is 1. The summed E-state index contributed by atoms with van der Waals surface area (Å²) >= 11 is 0. The Balaban J connectivity index is 1.56. The number of aliphatic carboxylic acids is 1. The van der Waals surface area contributed by atoms with Crippen molar-refractivity contribution in [2.24, 2.45) is 5.10 Å². The van der Waals surface area contributed by atoms with Crippen LogP contribution in [0.1, 0.15) is 24.0 Å². The van der Waals surface area contributed by atoms with Crippen LogP contribution in [0.4, 0.5) is 10.1 Å². The Morgan fingerprint density at radius 1 is 1.11 bits per heavy atom. The molecule has 1 heterocycles. The third kappa shape index (κ3) is 5.09. The van der Waals surface area contributed by atoms with Crippen LogP contribution in [0.2, 0.25) is 0 Å². The summed E-state index contributed by atoms with van der Waals surface area (Å²) in [7, 11) is 1.54. The maximum absolute atomic E-state index is 14.5. The van der Waals surface area contributed by atoms with Gasteiger partial charge in [0.05, 0.1) is 25.3 Å². The lowest BCUT2D eigenvalue weighted by Crippen LogP contribution is -2.28. The number of hydrogen-bond donors (Lipinski definition) is 1. The van der Waals surface area contributed by atoms with Crippen molar-refractivity contribution in [1.29, 1.82) is 5.26 Å². The van der Waals surface area contributed by atoms with Gasteiger partial charge in [-0.1, -0.05) is 0 Å². The van der Waals surface area contributed by atoms with Crippen molar-refractivity contribution < 1.29 is 23.8 Å². The fourth-order valence-electron chi connectivity index (χ4n) is 4.08. The highest BCUT2D eigenvalue weighted by molar-refractivity contribution is 6.01. The number of hydrogen-bond acceptors (Lipinski definition) is 6. The van der Waals surface area contributed by atoms with Crippen molar-refractivity contribution in [3.05, 3.63) is 71.5 Å².